The summed E-state index contributed by atoms with van der Waals surface area (Å²) in [4.78, 5) is 5.29. The second kappa shape index (κ2) is 19.2. The second-order valence-electron chi connectivity index (χ2n) is 5.80. The summed E-state index contributed by atoms with van der Waals surface area (Å²) in [6.07, 6.45) is 0. The molecular weight excluding hydrogens is 360 g/mol. The van der Waals surface area contributed by atoms with Crippen LogP contribution in [0.2, 0.25) is 0 Å². The monoisotopic (exact) mass is 390 g/mol. The fourth-order valence-electron chi connectivity index (χ4n) is 1.87. The molecule has 0 atom stereocenters. The molecule has 0 aliphatic carbocycles. The van der Waals surface area contributed by atoms with Gasteiger partial charge in [-0.2, -0.15) is 0 Å². The molecule has 0 saturated carbocycles. The minimum Gasteiger partial charge on any atom is -0.379 e. The van der Waals surface area contributed by atoms with Gasteiger partial charge < -0.3 is 28.4 Å². The summed E-state index contributed by atoms with van der Waals surface area (Å²) in [5, 5.41) is 6.76. The van der Waals surface area contributed by atoms with Crippen LogP contribution in [-0.2, 0) is 28.4 Å². The van der Waals surface area contributed by atoms with E-state index in [0.717, 1.165) is 0 Å². The zero-order chi connectivity index (χ0) is 20.1. The normalized spacial score (nSPS) is 12.8. The van der Waals surface area contributed by atoms with E-state index in [9.17, 15) is 0 Å². The van der Waals surface area contributed by atoms with Gasteiger partial charge in [0.15, 0.2) is 0 Å². The Balaban J connectivity index is 3.96. The molecular formula is C15H30N6O6. The smallest absolute Gasteiger partial charge is 0.146 e. The lowest BCUT2D eigenvalue weighted by Gasteiger charge is -2.28. The van der Waals surface area contributed by atoms with E-state index in [1.807, 2.05) is 6.92 Å². The van der Waals surface area contributed by atoms with Crippen LogP contribution in [0.25, 0.3) is 20.9 Å². The highest BCUT2D eigenvalue weighted by atomic mass is 16.7. The Kier molecular flexibility index (Phi) is 18.0. The number of methoxy groups -OCH3 is 1. The summed E-state index contributed by atoms with van der Waals surface area (Å²) >= 11 is 0. The first kappa shape index (κ1) is 25.4. The van der Waals surface area contributed by atoms with Crippen molar-refractivity contribution in [3.8, 4) is 0 Å². The minimum atomic E-state index is -0.352. The molecule has 0 spiro atoms. The molecule has 0 radical (unpaired) electrons. The Morgan fingerprint density at radius 2 is 1.15 bits per heavy atom. The van der Waals surface area contributed by atoms with Crippen molar-refractivity contribution in [2.24, 2.45) is 15.6 Å². The van der Waals surface area contributed by atoms with Crippen LogP contribution in [0.3, 0.4) is 0 Å². The van der Waals surface area contributed by atoms with E-state index < -0.39 is 0 Å². The first-order valence-electron chi connectivity index (χ1n) is 8.58. The van der Waals surface area contributed by atoms with Crippen LogP contribution in [0.1, 0.15) is 6.92 Å². The van der Waals surface area contributed by atoms with Gasteiger partial charge in [0, 0.05) is 35.4 Å². The molecule has 0 bridgehead atoms. The summed E-state index contributed by atoms with van der Waals surface area (Å²) in [5.74, 6) is 0. The van der Waals surface area contributed by atoms with E-state index in [4.69, 9.17) is 39.5 Å². The molecule has 0 aromatic heterocycles. The summed E-state index contributed by atoms with van der Waals surface area (Å²) in [6, 6.07) is 0. The molecule has 0 aromatic carbocycles. The standard InChI is InChI=1S/C15H30N6O6/c1-15(13-27-14-22-2,11-25-9-7-23-5-3-18-20-16)12-26-10-8-24-6-4-19-21-17/h3-14H2,1-2H3. The molecule has 0 unspecified atom stereocenters. The van der Waals surface area contributed by atoms with E-state index in [-0.39, 0.29) is 12.2 Å². The number of hydrogen-bond acceptors (Lipinski definition) is 8. The molecule has 156 valence electrons. The molecule has 0 N–H and O–H groups in total. The van der Waals surface area contributed by atoms with Crippen LogP contribution in [-0.4, -0.2) is 86.5 Å². The van der Waals surface area contributed by atoms with Gasteiger partial charge in [-0.05, 0) is 11.1 Å². The number of nitrogens with zero attached hydrogens (tertiary/aromatic N) is 6. The average molecular weight is 390 g/mol. The molecule has 0 aromatic rings. The molecule has 0 aliphatic rings. The van der Waals surface area contributed by atoms with Crippen LogP contribution in [0, 0.1) is 5.41 Å². The molecule has 0 saturated heterocycles. The van der Waals surface area contributed by atoms with Crippen molar-refractivity contribution < 1.29 is 28.4 Å². The van der Waals surface area contributed by atoms with Gasteiger partial charge in [-0.3, -0.25) is 0 Å². The molecule has 27 heavy (non-hydrogen) atoms. The summed E-state index contributed by atoms with van der Waals surface area (Å²) in [7, 11) is 1.56. The van der Waals surface area contributed by atoms with E-state index in [1.165, 1.54) is 0 Å². The molecule has 0 aliphatic heterocycles. The third-order valence-corrected chi connectivity index (χ3v) is 3.09. The Morgan fingerprint density at radius 3 is 1.59 bits per heavy atom. The highest BCUT2D eigenvalue weighted by Gasteiger charge is 2.26. The maximum absolute atomic E-state index is 8.16. The van der Waals surface area contributed by atoms with Crippen LogP contribution in [0.5, 0.6) is 0 Å². The maximum atomic E-state index is 8.16. The highest BCUT2D eigenvalue weighted by Crippen LogP contribution is 2.18. The van der Waals surface area contributed by atoms with Crippen molar-refractivity contribution >= 4 is 0 Å². The minimum absolute atomic E-state index is 0.195. The topological polar surface area (TPSA) is 153 Å². The van der Waals surface area contributed by atoms with Gasteiger partial charge in [0.2, 0.25) is 0 Å². The number of azide groups is 2. The predicted octanol–water partition coefficient (Wildman–Crippen LogP) is 2.30. The Labute approximate surface area is 159 Å². The molecule has 0 rings (SSSR count). The molecule has 0 fully saturated rings. The zero-order valence-corrected chi connectivity index (χ0v) is 16.1. The fraction of sp³-hybridized carbons (Fsp3) is 1.00. The zero-order valence-electron chi connectivity index (χ0n) is 16.1. The lowest BCUT2D eigenvalue weighted by Crippen LogP contribution is -2.35. The van der Waals surface area contributed by atoms with E-state index in [2.05, 4.69) is 20.1 Å². The molecule has 12 nitrogen and oxygen atoms in total. The van der Waals surface area contributed by atoms with Crippen molar-refractivity contribution in [3.05, 3.63) is 20.9 Å². The lowest BCUT2D eigenvalue weighted by atomic mass is 9.94. The third kappa shape index (κ3) is 17.5. The average Bonchev–Trinajstić information content (AvgIpc) is 2.66. The third-order valence-electron chi connectivity index (χ3n) is 3.09. The fourth-order valence-corrected chi connectivity index (χ4v) is 1.87. The summed E-state index contributed by atoms with van der Waals surface area (Å²) < 4.78 is 32.2. The van der Waals surface area contributed by atoms with Crippen molar-refractivity contribution in [1.82, 2.24) is 0 Å². The number of ether oxygens (including phenoxy) is 6. The Morgan fingerprint density at radius 1 is 0.704 bits per heavy atom. The Bertz CT molecular complexity index is 411. The van der Waals surface area contributed by atoms with Crippen LogP contribution < -0.4 is 0 Å². The van der Waals surface area contributed by atoms with E-state index in [1.54, 1.807) is 7.11 Å². The first-order valence-corrected chi connectivity index (χ1v) is 8.58. The summed E-state index contributed by atoms with van der Waals surface area (Å²) in [6.45, 7) is 6.44. The largest absolute Gasteiger partial charge is 0.379 e. The molecule has 12 heteroatoms. The molecule has 0 amide bonds. The van der Waals surface area contributed by atoms with Gasteiger partial charge in [0.1, 0.15) is 6.79 Å². The quantitative estimate of drug-likeness (QED) is 0.102. The van der Waals surface area contributed by atoms with Crippen molar-refractivity contribution in [1.29, 1.82) is 0 Å². The van der Waals surface area contributed by atoms with Crippen molar-refractivity contribution in [2.45, 2.75) is 6.92 Å². The maximum Gasteiger partial charge on any atom is 0.146 e. The highest BCUT2D eigenvalue weighted by molar-refractivity contribution is 4.73. The Hall–Kier alpha value is -1.62. The van der Waals surface area contributed by atoms with Crippen LogP contribution in [0.15, 0.2) is 10.2 Å². The first-order chi connectivity index (χ1) is 13.2. The van der Waals surface area contributed by atoms with E-state index in [0.29, 0.717) is 72.6 Å². The van der Waals surface area contributed by atoms with Crippen LogP contribution in [0.4, 0.5) is 0 Å². The number of hydrogen-bond donors (Lipinski definition) is 0. The van der Waals surface area contributed by atoms with Gasteiger partial charge in [-0.15, -0.1) is 0 Å². The van der Waals surface area contributed by atoms with Gasteiger partial charge in [-0.25, -0.2) is 0 Å². The van der Waals surface area contributed by atoms with Crippen LogP contribution >= 0.6 is 0 Å². The summed E-state index contributed by atoms with van der Waals surface area (Å²) in [5.41, 5.74) is 16.0. The van der Waals surface area contributed by atoms with Crippen molar-refractivity contribution in [3.63, 3.8) is 0 Å². The predicted molar refractivity (Wildman–Crippen MR) is 97.2 cm³/mol. The van der Waals surface area contributed by atoms with Gasteiger partial charge in [-0.1, -0.05) is 17.2 Å². The van der Waals surface area contributed by atoms with Crippen molar-refractivity contribution in [2.75, 3.05) is 86.5 Å². The number of rotatable bonds is 20. The SMILES string of the molecule is COCOCC(C)(COCCOCCN=[N+]=[N-])COCCOCCN=[N+]=[N-]. The molecule has 0 heterocycles. The second-order valence-corrected chi connectivity index (χ2v) is 5.80. The van der Waals surface area contributed by atoms with Gasteiger partial charge >= 0.3 is 0 Å². The van der Waals surface area contributed by atoms with E-state index >= 15 is 0 Å². The van der Waals surface area contributed by atoms with Gasteiger partial charge in [0.25, 0.3) is 0 Å². The van der Waals surface area contributed by atoms with Gasteiger partial charge in [0.05, 0.1) is 59.5 Å². The lowest BCUT2D eigenvalue weighted by molar-refractivity contribution is -0.108.